The van der Waals surface area contributed by atoms with Gasteiger partial charge in [-0.15, -0.1) is 0 Å². The van der Waals surface area contributed by atoms with Gasteiger partial charge in [-0.1, -0.05) is 12.7 Å². The molecule has 25 heavy (non-hydrogen) atoms. The van der Waals surface area contributed by atoms with E-state index in [1.807, 2.05) is 0 Å². The molecule has 3 aliphatic rings. The number of rotatable bonds is 6. The lowest BCUT2D eigenvalue weighted by Crippen LogP contribution is -2.61. The highest BCUT2D eigenvalue weighted by atomic mass is 16.6. The van der Waals surface area contributed by atoms with Crippen LogP contribution in [-0.4, -0.2) is 69.8 Å². The molecule has 3 rings (SSSR count). The van der Waals surface area contributed by atoms with E-state index in [1.165, 1.54) is 11.0 Å². The smallest absolute Gasteiger partial charge is 0.410 e. The number of nitrogens with zero attached hydrogens (tertiary/aromatic N) is 2. The van der Waals surface area contributed by atoms with Crippen LogP contribution >= 0.6 is 0 Å². The Balaban J connectivity index is 1.62. The van der Waals surface area contributed by atoms with Crippen molar-refractivity contribution in [3.63, 3.8) is 0 Å². The van der Waals surface area contributed by atoms with E-state index in [0.29, 0.717) is 25.9 Å². The summed E-state index contributed by atoms with van der Waals surface area (Å²) in [5.74, 6) is -1.81. The van der Waals surface area contributed by atoms with Gasteiger partial charge in [-0.05, 0) is 31.3 Å². The number of carboxylic acid groups (broad SMARTS) is 1. The van der Waals surface area contributed by atoms with Crippen LogP contribution in [0.4, 0.5) is 4.79 Å². The molecule has 0 aromatic carbocycles. The Hall–Kier alpha value is -2.35. The third kappa shape index (κ3) is 2.90. The molecule has 2 saturated heterocycles. The van der Waals surface area contributed by atoms with Gasteiger partial charge in [0.25, 0.3) is 0 Å². The molecule has 0 radical (unpaired) electrons. The van der Waals surface area contributed by atoms with Crippen LogP contribution in [0.5, 0.6) is 0 Å². The minimum Gasteiger partial charge on any atom is -0.477 e. The number of aliphatic carboxylic acids is 1. The molecule has 0 bridgehead atoms. The maximum Gasteiger partial charge on any atom is 0.410 e. The highest BCUT2D eigenvalue weighted by molar-refractivity contribution is 5.99. The van der Waals surface area contributed by atoms with Gasteiger partial charge in [0.1, 0.15) is 12.3 Å². The fraction of sp³-hybridized carbons (Fsp3) is 0.588. The normalized spacial score (nSPS) is 26.7. The highest BCUT2D eigenvalue weighted by Crippen LogP contribution is 2.45. The number of aliphatic hydroxyl groups is 1. The first kappa shape index (κ1) is 17.5. The predicted octanol–water partition coefficient (Wildman–Crippen LogP) is 0.581. The van der Waals surface area contributed by atoms with Crippen molar-refractivity contribution in [2.45, 2.75) is 31.9 Å². The fourth-order valence-electron chi connectivity index (χ4n) is 3.96. The summed E-state index contributed by atoms with van der Waals surface area (Å²) >= 11 is 0. The molecule has 0 saturated carbocycles. The summed E-state index contributed by atoms with van der Waals surface area (Å²) in [6.07, 6.45) is 1.31. The zero-order valence-corrected chi connectivity index (χ0v) is 14.1. The Morgan fingerprint density at radius 1 is 1.44 bits per heavy atom. The molecular weight excluding hydrogens is 328 g/mol. The zero-order valence-electron chi connectivity index (χ0n) is 14.1. The molecule has 0 unspecified atom stereocenters. The zero-order chi connectivity index (χ0) is 18.3. The fourth-order valence-corrected chi connectivity index (χ4v) is 3.96. The van der Waals surface area contributed by atoms with E-state index in [2.05, 4.69) is 6.58 Å². The van der Waals surface area contributed by atoms with Crippen LogP contribution in [0.1, 0.15) is 19.8 Å². The summed E-state index contributed by atoms with van der Waals surface area (Å²) < 4.78 is 4.95. The van der Waals surface area contributed by atoms with Gasteiger partial charge < -0.3 is 24.7 Å². The van der Waals surface area contributed by atoms with Crippen LogP contribution in [0.25, 0.3) is 0 Å². The first-order valence-corrected chi connectivity index (χ1v) is 8.34. The Morgan fingerprint density at radius 3 is 2.68 bits per heavy atom. The summed E-state index contributed by atoms with van der Waals surface area (Å²) in [6.45, 7) is 6.20. The van der Waals surface area contributed by atoms with Gasteiger partial charge in [-0.3, -0.25) is 4.79 Å². The standard InChI is InChI=1S/C17H22N2O6/c1-3-4-25-17(24)18-7-10(8-18)5-11-6-12-13(9(2)20)15(21)19(12)14(11)16(22)23/h3,9-10,12-13,20H,1,4-8H2,2H3,(H,22,23)/t9-,12-,13-/m1/s1. The van der Waals surface area contributed by atoms with Gasteiger partial charge in [0.2, 0.25) is 5.91 Å². The number of likely N-dealkylation sites (tertiary alicyclic amines) is 1. The number of hydrogen-bond acceptors (Lipinski definition) is 5. The largest absolute Gasteiger partial charge is 0.477 e. The van der Waals surface area contributed by atoms with E-state index in [0.717, 1.165) is 5.57 Å². The number of carbonyl (C=O) groups is 3. The van der Waals surface area contributed by atoms with Gasteiger partial charge in [0.15, 0.2) is 0 Å². The van der Waals surface area contributed by atoms with E-state index in [-0.39, 0.29) is 30.2 Å². The third-order valence-electron chi connectivity index (χ3n) is 5.10. The number of carbonyl (C=O) groups excluding carboxylic acids is 2. The highest BCUT2D eigenvalue weighted by Gasteiger charge is 2.56. The van der Waals surface area contributed by atoms with Crippen molar-refractivity contribution in [2.75, 3.05) is 19.7 Å². The monoisotopic (exact) mass is 350 g/mol. The lowest BCUT2D eigenvalue weighted by molar-refractivity contribution is -0.161. The average molecular weight is 350 g/mol. The van der Waals surface area contributed by atoms with E-state index in [4.69, 9.17) is 4.74 Å². The van der Waals surface area contributed by atoms with Crippen molar-refractivity contribution >= 4 is 18.0 Å². The van der Waals surface area contributed by atoms with Crippen LogP contribution in [0.15, 0.2) is 23.9 Å². The number of carboxylic acids is 1. The Kier molecular flexibility index (Phi) is 4.55. The van der Waals surface area contributed by atoms with Crippen molar-refractivity contribution in [2.24, 2.45) is 11.8 Å². The molecular formula is C17H22N2O6. The van der Waals surface area contributed by atoms with Crippen LogP contribution in [0.3, 0.4) is 0 Å². The van der Waals surface area contributed by atoms with Gasteiger partial charge in [0.05, 0.1) is 18.1 Å². The summed E-state index contributed by atoms with van der Waals surface area (Å²) in [4.78, 5) is 38.3. The third-order valence-corrected chi connectivity index (χ3v) is 5.10. The summed E-state index contributed by atoms with van der Waals surface area (Å²) in [5, 5.41) is 19.2. The Morgan fingerprint density at radius 2 is 2.12 bits per heavy atom. The number of aliphatic hydroxyl groups excluding tert-OH is 1. The van der Waals surface area contributed by atoms with Crippen LogP contribution in [0, 0.1) is 11.8 Å². The second-order valence-corrected chi connectivity index (χ2v) is 6.84. The van der Waals surface area contributed by atoms with Crippen LogP contribution < -0.4 is 0 Å². The molecule has 0 aromatic heterocycles. The molecule has 0 aliphatic carbocycles. The predicted molar refractivity (Wildman–Crippen MR) is 86.3 cm³/mol. The van der Waals surface area contributed by atoms with Gasteiger partial charge in [0, 0.05) is 13.1 Å². The second kappa shape index (κ2) is 6.51. The first-order chi connectivity index (χ1) is 11.8. The van der Waals surface area contributed by atoms with E-state index >= 15 is 0 Å². The second-order valence-electron chi connectivity index (χ2n) is 6.84. The SMILES string of the molecule is C=CCOC(=O)N1CC(CC2=C(C(=O)O)N3C(=O)[C@H]([C@@H](C)O)[C@H]3C2)C1. The molecule has 2 N–H and O–H groups in total. The van der Waals surface area contributed by atoms with Crippen LogP contribution in [0.2, 0.25) is 0 Å². The van der Waals surface area contributed by atoms with Crippen molar-refractivity contribution in [1.29, 1.82) is 0 Å². The van der Waals surface area contributed by atoms with Crippen molar-refractivity contribution in [3.8, 4) is 0 Å². The van der Waals surface area contributed by atoms with Gasteiger partial charge >= 0.3 is 12.1 Å². The number of β-lactam (4-membered cyclic amide) rings is 1. The maximum absolute atomic E-state index is 12.1. The molecule has 2 amide bonds. The topological polar surface area (TPSA) is 107 Å². The molecule has 136 valence electrons. The lowest BCUT2D eigenvalue weighted by atomic mass is 9.82. The summed E-state index contributed by atoms with van der Waals surface area (Å²) in [6, 6.07) is -0.262. The van der Waals surface area contributed by atoms with Crippen molar-refractivity contribution in [1.82, 2.24) is 9.80 Å². The minimum atomic E-state index is -1.11. The molecule has 3 atom stereocenters. The summed E-state index contributed by atoms with van der Waals surface area (Å²) in [5.41, 5.74) is 0.776. The lowest BCUT2D eigenvalue weighted by Gasteiger charge is -2.44. The van der Waals surface area contributed by atoms with Gasteiger partial charge in [-0.2, -0.15) is 0 Å². The molecule has 3 heterocycles. The Bertz CT molecular complexity index is 650. The van der Waals surface area contributed by atoms with Gasteiger partial charge in [-0.25, -0.2) is 9.59 Å². The molecule has 0 aromatic rings. The van der Waals surface area contributed by atoms with E-state index in [1.54, 1.807) is 11.8 Å². The van der Waals surface area contributed by atoms with E-state index < -0.39 is 24.1 Å². The molecule has 3 aliphatic heterocycles. The molecule has 0 spiro atoms. The number of amides is 2. The summed E-state index contributed by atoms with van der Waals surface area (Å²) in [7, 11) is 0. The van der Waals surface area contributed by atoms with Crippen molar-refractivity contribution < 1.29 is 29.3 Å². The van der Waals surface area contributed by atoms with Crippen LogP contribution in [-0.2, 0) is 14.3 Å². The molecule has 8 heteroatoms. The first-order valence-electron chi connectivity index (χ1n) is 8.34. The molecule has 8 nitrogen and oxygen atoms in total. The average Bonchev–Trinajstić information content (AvgIpc) is 2.82. The number of ether oxygens (including phenoxy) is 1. The minimum absolute atomic E-state index is 0.0552. The number of hydrogen-bond donors (Lipinski definition) is 2. The van der Waals surface area contributed by atoms with E-state index in [9.17, 15) is 24.6 Å². The van der Waals surface area contributed by atoms with Crippen molar-refractivity contribution in [3.05, 3.63) is 23.9 Å². The Labute approximate surface area is 145 Å². The number of fused-ring (bicyclic) bond motifs is 1. The molecule has 2 fully saturated rings. The maximum atomic E-state index is 12.1. The quantitative estimate of drug-likeness (QED) is 0.536.